The number of nitrogens with two attached hydrogens (primary N) is 1. The second-order valence-electron chi connectivity index (χ2n) is 6.63. The normalized spacial score (nSPS) is 25.2. The molecule has 0 radical (unpaired) electrons. The summed E-state index contributed by atoms with van der Waals surface area (Å²) in [4.78, 5) is 0.286. The highest BCUT2D eigenvalue weighted by molar-refractivity contribution is 7.80. The Bertz CT molecular complexity index is 515. The zero-order valence-corrected chi connectivity index (χ0v) is 13.9. The van der Waals surface area contributed by atoms with Crippen molar-refractivity contribution in [1.82, 2.24) is 0 Å². The van der Waals surface area contributed by atoms with Gasteiger partial charge in [-0.15, -0.1) is 0 Å². The van der Waals surface area contributed by atoms with Gasteiger partial charge < -0.3 is 10.5 Å². The Hall–Kier alpha value is -0.800. The van der Waals surface area contributed by atoms with Crippen LogP contribution in [0.3, 0.4) is 0 Å². The van der Waals surface area contributed by atoms with Crippen LogP contribution in [0.1, 0.15) is 45.6 Å². The number of rotatable bonds is 3. The summed E-state index contributed by atoms with van der Waals surface area (Å²) in [5.74, 6) is 1.37. The summed E-state index contributed by atoms with van der Waals surface area (Å²) in [5, 5.41) is 0.554. The van der Waals surface area contributed by atoms with E-state index in [1.807, 2.05) is 12.1 Å². The molecule has 1 fully saturated rings. The first-order chi connectivity index (χ1) is 9.28. The first-order valence-corrected chi connectivity index (χ1v) is 7.82. The lowest BCUT2D eigenvalue weighted by Gasteiger charge is -2.39. The molecule has 1 saturated carbocycles. The molecule has 2 nitrogen and oxygen atoms in total. The average molecular weight is 312 g/mol. The van der Waals surface area contributed by atoms with Crippen LogP contribution in [0.25, 0.3) is 0 Å². The minimum Gasteiger partial charge on any atom is -0.490 e. The van der Waals surface area contributed by atoms with Crippen LogP contribution in [0.2, 0.25) is 5.02 Å². The van der Waals surface area contributed by atoms with Gasteiger partial charge in [0.05, 0.1) is 16.7 Å². The van der Waals surface area contributed by atoms with Crippen LogP contribution in [0.15, 0.2) is 18.2 Å². The van der Waals surface area contributed by atoms with E-state index in [0.29, 0.717) is 27.7 Å². The first kappa shape index (κ1) is 15.6. The highest BCUT2D eigenvalue weighted by atomic mass is 35.5. The predicted molar refractivity (Wildman–Crippen MR) is 88.6 cm³/mol. The van der Waals surface area contributed by atoms with Gasteiger partial charge in [0.1, 0.15) is 10.7 Å². The Balaban J connectivity index is 2.22. The van der Waals surface area contributed by atoms with Crippen molar-refractivity contribution in [3.63, 3.8) is 0 Å². The fraction of sp³-hybridized carbons (Fsp3) is 0.562. The Morgan fingerprint density at radius 2 is 2.10 bits per heavy atom. The number of hydrogen-bond acceptors (Lipinski definition) is 2. The minimum absolute atomic E-state index is 0.195. The Kier molecular flexibility index (Phi) is 4.60. The predicted octanol–water partition coefficient (Wildman–Crippen LogP) is 4.57. The lowest BCUT2D eigenvalue weighted by atomic mass is 9.71. The zero-order valence-electron chi connectivity index (χ0n) is 12.3. The Morgan fingerprint density at radius 1 is 1.40 bits per heavy atom. The molecule has 0 bridgehead atoms. The molecule has 0 aromatic heterocycles. The van der Waals surface area contributed by atoms with Crippen LogP contribution < -0.4 is 10.5 Å². The topological polar surface area (TPSA) is 35.2 Å². The van der Waals surface area contributed by atoms with E-state index in [2.05, 4.69) is 20.8 Å². The molecule has 4 heteroatoms. The molecule has 0 aliphatic heterocycles. The summed E-state index contributed by atoms with van der Waals surface area (Å²) >= 11 is 11.3. The van der Waals surface area contributed by atoms with Crippen LogP contribution in [0.5, 0.6) is 5.75 Å². The number of benzene rings is 1. The minimum atomic E-state index is 0.195. The fourth-order valence-corrected chi connectivity index (χ4v) is 3.90. The van der Waals surface area contributed by atoms with Crippen LogP contribution in [-0.2, 0) is 0 Å². The molecule has 2 N–H and O–H groups in total. The molecule has 110 valence electrons. The molecule has 1 aromatic rings. The van der Waals surface area contributed by atoms with Gasteiger partial charge in [-0.1, -0.05) is 50.7 Å². The van der Waals surface area contributed by atoms with Gasteiger partial charge in [-0.25, -0.2) is 0 Å². The van der Waals surface area contributed by atoms with Gasteiger partial charge >= 0.3 is 0 Å². The highest BCUT2D eigenvalue weighted by Crippen LogP contribution is 2.40. The SMILES string of the molecule is CC1CC(Oc2cccc(Cl)c2C(N)=S)CC(C)(C)C1. The summed E-state index contributed by atoms with van der Waals surface area (Å²) in [7, 11) is 0. The molecule has 0 spiro atoms. The third-order valence-corrected chi connectivity index (χ3v) is 4.38. The van der Waals surface area contributed by atoms with E-state index >= 15 is 0 Å². The Morgan fingerprint density at radius 3 is 2.70 bits per heavy atom. The monoisotopic (exact) mass is 311 g/mol. The summed E-state index contributed by atoms with van der Waals surface area (Å²) in [6.45, 7) is 6.88. The summed E-state index contributed by atoms with van der Waals surface area (Å²) < 4.78 is 6.18. The summed E-state index contributed by atoms with van der Waals surface area (Å²) in [5.41, 5.74) is 6.73. The van der Waals surface area contributed by atoms with Crippen molar-refractivity contribution >= 4 is 28.8 Å². The molecule has 1 aromatic carbocycles. The van der Waals surface area contributed by atoms with Crippen molar-refractivity contribution in [2.45, 2.75) is 46.1 Å². The van der Waals surface area contributed by atoms with Crippen LogP contribution in [0.4, 0.5) is 0 Å². The lowest BCUT2D eigenvalue weighted by molar-refractivity contribution is 0.0561. The van der Waals surface area contributed by atoms with E-state index in [1.54, 1.807) is 6.07 Å². The third-order valence-electron chi connectivity index (χ3n) is 3.86. The smallest absolute Gasteiger partial charge is 0.131 e. The number of thiocarbonyl (C=S) groups is 1. The van der Waals surface area contributed by atoms with Crippen molar-refractivity contribution in [2.75, 3.05) is 0 Å². The van der Waals surface area contributed by atoms with Gasteiger partial charge in [0.25, 0.3) is 0 Å². The number of ether oxygens (including phenoxy) is 1. The molecule has 20 heavy (non-hydrogen) atoms. The van der Waals surface area contributed by atoms with Gasteiger partial charge in [0.2, 0.25) is 0 Å². The summed E-state index contributed by atoms with van der Waals surface area (Å²) in [6, 6.07) is 5.56. The van der Waals surface area contributed by atoms with Crippen molar-refractivity contribution < 1.29 is 4.74 Å². The second-order valence-corrected chi connectivity index (χ2v) is 7.48. The molecule has 0 saturated heterocycles. The van der Waals surface area contributed by atoms with Gasteiger partial charge in [-0.2, -0.15) is 0 Å². The van der Waals surface area contributed by atoms with Crippen molar-refractivity contribution in [3.8, 4) is 5.75 Å². The lowest BCUT2D eigenvalue weighted by Crippen LogP contribution is -2.34. The second kappa shape index (κ2) is 5.90. The number of hydrogen-bond donors (Lipinski definition) is 1. The van der Waals surface area contributed by atoms with Crippen LogP contribution in [0, 0.1) is 11.3 Å². The third kappa shape index (κ3) is 3.64. The van der Waals surface area contributed by atoms with E-state index in [0.717, 1.165) is 12.8 Å². The summed E-state index contributed by atoms with van der Waals surface area (Å²) in [6.07, 6.45) is 3.54. The van der Waals surface area contributed by atoms with E-state index in [9.17, 15) is 0 Å². The van der Waals surface area contributed by atoms with E-state index < -0.39 is 0 Å². The maximum absolute atomic E-state index is 6.18. The largest absolute Gasteiger partial charge is 0.490 e. The maximum atomic E-state index is 6.18. The molecule has 1 aliphatic carbocycles. The van der Waals surface area contributed by atoms with Crippen molar-refractivity contribution in [1.29, 1.82) is 0 Å². The molecular weight excluding hydrogens is 290 g/mol. The van der Waals surface area contributed by atoms with Crippen LogP contribution in [-0.4, -0.2) is 11.1 Å². The molecule has 1 aliphatic rings. The van der Waals surface area contributed by atoms with Crippen molar-refractivity contribution in [3.05, 3.63) is 28.8 Å². The van der Waals surface area contributed by atoms with Gasteiger partial charge in [-0.05, 0) is 42.7 Å². The van der Waals surface area contributed by atoms with E-state index in [1.165, 1.54) is 6.42 Å². The quantitative estimate of drug-likeness (QED) is 0.831. The highest BCUT2D eigenvalue weighted by Gasteiger charge is 2.33. The van der Waals surface area contributed by atoms with E-state index in [4.69, 9.17) is 34.3 Å². The average Bonchev–Trinajstić information content (AvgIpc) is 2.25. The first-order valence-electron chi connectivity index (χ1n) is 7.03. The molecule has 0 heterocycles. The fourth-order valence-electron chi connectivity index (χ4n) is 3.37. The van der Waals surface area contributed by atoms with Gasteiger partial charge in [0, 0.05) is 0 Å². The standard InChI is InChI=1S/C16H22ClNOS/c1-10-7-11(9-16(2,3)8-10)19-13-6-4-5-12(17)14(13)15(18)20/h4-6,10-11H,7-9H2,1-3H3,(H2,18,20). The zero-order chi connectivity index (χ0) is 14.9. The van der Waals surface area contributed by atoms with Crippen LogP contribution >= 0.6 is 23.8 Å². The molecular formula is C16H22ClNOS. The molecule has 0 amide bonds. The van der Waals surface area contributed by atoms with E-state index in [-0.39, 0.29) is 11.1 Å². The van der Waals surface area contributed by atoms with Gasteiger partial charge in [0.15, 0.2) is 0 Å². The van der Waals surface area contributed by atoms with Gasteiger partial charge in [-0.3, -0.25) is 0 Å². The molecule has 2 atom stereocenters. The molecule has 2 unspecified atom stereocenters. The Labute approximate surface area is 131 Å². The number of halogens is 1. The van der Waals surface area contributed by atoms with Crippen molar-refractivity contribution in [2.24, 2.45) is 17.1 Å². The molecule has 2 rings (SSSR count). The maximum Gasteiger partial charge on any atom is 0.131 e.